The van der Waals surface area contributed by atoms with E-state index in [-0.39, 0.29) is 0 Å². The van der Waals surface area contributed by atoms with E-state index in [1.807, 2.05) is 0 Å². The molecule has 0 saturated heterocycles. The van der Waals surface area contributed by atoms with Crippen molar-refractivity contribution in [1.82, 2.24) is 0 Å². The Hall–Kier alpha value is -2.08. The number of allylic oxidation sites excluding steroid dienone is 2. The largest absolute Gasteiger partial charge is 0.0651 e. The Morgan fingerprint density at radius 2 is 0.759 bits per heavy atom. The normalized spacial score (nSPS) is 19.9. The van der Waals surface area contributed by atoms with Crippen LogP contribution in [-0.4, -0.2) is 0 Å². The lowest BCUT2D eigenvalue weighted by Crippen LogP contribution is -2.11. The van der Waals surface area contributed by atoms with Gasteiger partial charge in [0.15, 0.2) is 0 Å². The van der Waals surface area contributed by atoms with Gasteiger partial charge in [-0.15, -0.1) is 0 Å². The summed E-state index contributed by atoms with van der Waals surface area (Å²) in [7, 11) is 0. The van der Waals surface area contributed by atoms with Gasteiger partial charge in [-0.2, -0.15) is 0 Å². The number of hydrogen-bond donors (Lipinski definition) is 0. The Kier molecular flexibility index (Phi) is 4.69. The van der Waals surface area contributed by atoms with E-state index in [0.717, 1.165) is 0 Å². The van der Waals surface area contributed by atoms with Gasteiger partial charge in [-0.3, -0.25) is 0 Å². The Labute approximate surface area is 177 Å². The summed E-state index contributed by atoms with van der Waals surface area (Å²) < 4.78 is 0. The summed E-state index contributed by atoms with van der Waals surface area (Å²) in [6, 6.07) is 0. The summed E-state index contributed by atoms with van der Waals surface area (Å²) in [5.74, 6) is 1.06. The lowest BCUT2D eigenvalue weighted by atomic mass is 9.77. The summed E-state index contributed by atoms with van der Waals surface area (Å²) in [6.07, 6.45) is 6.14. The molecule has 29 heavy (non-hydrogen) atoms. The standard InChI is InChI=1S/C29H36/c1-14-11-26-20(7)16(3)18(5)22(9)28(26)24(14)13-25-15(2)12-27-21(8)17(4)19(6)23(10)29(25)27/h11-12,24-25H,13H2,1-10H3. The van der Waals surface area contributed by atoms with Crippen molar-refractivity contribution in [2.24, 2.45) is 0 Å². The summed E-state index contributed by atoms with van der Waals surface area (Å²) >= 11 is 0. The molecule has 2 unspecified atom stereocenters. The molecule has 0 nitrogen and oxygen atoms in total. The molecular formula is C29H36. The third kappa shape index (κ3) is 2.71. The van der Waals surface area contributed by atoms with Crippen LogP contribution in [0.5, 0.6) is 0 Å². The summed E-state index contributed by atoms with van der Waals surface area (Å²) in [6.45, 7) is 23.2. The van der Waals surface area contributed by atoms with Crippen molar-refractivity contribution in [3.8, 4) is 0 Å². The van der Waals surface area contributed by atoms with E-state index in [1.165, 1.54) is 73.2 Å². The van der Waals surface area contributed by atoms with E-state index >= 15 is 0 Å². The zero-order valence-electron chi connectivity index (χ0n) is 20.0. The van der Waals surface area contributed by atoms with Gasteiger partial charge in [0, 0.05) is 11.8 Å². The maximum absolute atomic E-state index is 2.47. The topological polar surface area (TPSA) is 0 Å². The number of fused-ring (bicyclic) bond motifs is 2. The molecule has 0 amide bonds. The van der Waals surface area contributed by atoms with Gasteiger partial charge in [0.25, 0.3) is 0 Å². The minimum Gasteiger partial charge on any atom is -0.0651 e. The third-order valence-electron chi connectivity index (χ3n) is 8.58. The molecule has 0 heteroatoms. The third-order valence-corrected chi connectivity index (χ3v) is 8.58. The molecule has 0 heterocycles. The van der Waals surface area contributed by atoms with Crippen molar-refractivity contribution in [1.29, 1.82) is 0 Å². The van der Waals surface area contributed by atoms with Crippen LogP contribution in [0.2, 0.25) is 0 Å². The van der Waals surface area contributed by atoms with E-state index in [2.05, 4.69) is 81.4 Å². The predicted molar refractivity (Wildman–Crippen MR) is 128 cm³/mol. The van der Waals surface area contributed by atoms with Crippen LogP contribution in [0.15, 0.2) is 11.1 Å². The molecule has 2 aromatic rings. The van der Waals surface area contributed by atoms with Crippen molar-refractivity contribution in [3.05, 3.63) is 77.9 Å². The number of rotatable bonds is 2. The van der Waals surface area contributed by atoms with Gasteiger partial charge < -0.3 is 0 Å². The molecule has 0 spiro atoms. The molecule has 2 aromatic carbocycles. The summed E-state index contributed by atoms with van der Waals surface area (Å²) in [5.41, 5.74) is 21.1. The molecule has 0 bridgehead atoms. The van der Waals surface area contributed by atoms with Crippen LogP contribution in [0.1, 0.15) is 98.9 Å². The second kappa shape index (κ2) is 6.73. The van der Waals surface area contributed by atoms with Crippen molar-refractivity contribution >= 4 is 12.2 Å². The lowest BCUT2D eigenvalue weighted by Gasteiger charge is -2.27. The molecule has 0 radical (unpaired) electrons. The average Bonchev–Trinajstić information content (AvgIpc) is 3.19. The van der Waals surface area contributed by atoms with Crippen LogP contribution in [0.4, 0.5) is 0 Å². The molecule has 0 saturated carbocycles. The predicted octanol–water partition coefficient (Wildman–Crippen LogP) is 8.25. The zero-order chi connectivity index (χ0) is 21.4. The monoisotopic (exact) mass is 384 g/mol. The first-order valence-corrected chi connectivity index (χ1v) is 11.1. The van der Waals surface area contributed by atoms with Gasteiger partial charge in [-0.25, -0.2) is 0 Å². The van der Waals surface area contributed by atoms with Gasteiger partial charge in [-0.1, -0.05) is 23.3 Å². The first kappa shape index (κ1) is 20.2. The molecule has 0 aliphatic heterocycles. The van der Waals surface area contributed by atoms with Crippen molar-refractivity contribution < 1.29 is 0 Å². The lowest BCUT2D eigenvalue weighted by molar-refractivity contribution is 0.636. The summed E-state index contributed by atoms with van der Waals surface area (Å²) in [4.78, 5) is 0. The Bertz CT molecular complexity index is 1030. The molecule has 0 N–H and O–H groups in total. The smallest absolute Gasteiger partial charge is 0.00664 e. The first-order valence-electron chi connectivity index (χ1n) is 11.1. The van der Waals surface area contributed by atoms with Gasteiger partial charge in [0.1, 0.15) is 0 Å². The van der Waals surface area contributed by atoms with Crippen LogP contribution in [0, 0.1) is 55.4 Å². The highest BCUT2D eigenvalue weighted by molar-refractivity contribution is 5.75. The maximum atomic E-state index is 2.47. The first-order chi connectivity index (χ1) is 13.6. The highest BCUT2D eigenvalue weighted by atomic mass is 14.4. The van der Waals surface area contributed by atoms with Crippen LogP contribution in [0.3, 0.4) is 0 Å². The Balaban J connectivity index is 1.84. The molecular weight excluding hydrogens is 348 g/mol. The van der Waals surface area contributed by atoms with Crippen LogP contribution >= 0.6 is 0 Å². The SMILES string of the molecule is CC1=Cc2c(C)c(C)c(C)c(C)c2C1CC1C(C)=Cc2c(C)c(C)c(C)c(C)c21. The minimum atomic E-state index is 0.531. The Morgan fingerprint density at radius 1 is 0.448 bits per heavy atom. The number of benzene rings is 2. The van der Waals surface area contributed by atoms with E-state index < -0.39 is 0 Å². The van der Waals surface area contributed by atoms with Gasteiger partial charge >= 0.3 is 0 Å². The molecule has 2 aliphatic rings. The molecule has 152 valence electrons. The van der Waals surface area contributed by atoms with Crippen molar-refractivity contribution in [3.63, 3.8) is 0 Å². The van der Waals surface area contributed by atoms with Crippen molar-refractivity contribution in [2.45, 2.75) is 87.5 Å². The van der Waals surface area contributed by atoms with Crippen LogP contribution in [-0.2, 0) is 0 Å². The maximum Gasteiger partial charge on any atom is 0.00664 e. The molecule has 0 fully saturated rings. The van der Waals surface area contributed by atoms with E-state index in [9.17, 15) is 0 Å². The minimum absolute atomic E-state index is 0.531. The molecule has 4 rings (SSSR count). The fourth-order valence-electron chi connectivity index (χ4n) is 5.97. The number of hydrogen-bond acceptors (Lipinski definition) is 0. The second-order valence-corrected chi connectivity index (χ2v) is 9.77. The van der Waals surface area contributed by atoms with E-state index in [0.29, 0.717) is 11.8 Å². The summed E-state index contributed by atoms with van der Waals surface area (Å²) in [5, 5.41) is 0. The van der Waals surface area contributed by atoms with Crippen LogP contribution < -0.4 is 0 Å². The van der Waals surface area contributed by atoms with Gasteiger partial charge in [0.2, 0.25) is 0 Å². The van der Waals surface area contributed by atoms with E-state index in [4.69, 9.17) is 0 Å². The van der Waals surface area contributed by atoms with Crippen LogP contribution in [0.25, 0.3) is 12.2 Å². The quantitative estimate of drug-likeness (QED) is 0.489. The molecule has 0 aromatic heterocycles. The fraction of sp³-hybridized carbons (Fsp3) is 0.448. The molecule has 2 atom stereocenters. The average molecular weight is 385 g/mol. The Morgan fingerprint density at radius 3 is 1.10 bits per heavy atom. The fourth-order valence-corrected chi connectivity index (χ4v) is 5.97. The van der Waals surface area contributed by atoms with Gasteiger partial charge in [-0.05, 0) is 142 Å². The highest BCUT2D eigenvalue weighted by Gasteiger charge is 2.34. The van der Waals surface area contributed by atoms with Crippen molar-refractivity contribution in [2.75, 3.05) is 0 Å². The van der Waals surface area contributed by atoms with Gasteiger partial charge in [0.05, 0.1) is 0 Å². The molecule has 2 aliphatic carbocycles. The zero-order valence-corrected chi connectivity index (χ0v) is 20.0. The second-order valence-electron chi connectivity index (χ2n) is 9.77. The van der Waals surface area contributed by atoms with E-state index in [1.54, 1.807) is 11.1 Å². The highest BCUT2D eigenvalue weighted by Crippen LogP contribution is 2.51.